The van der Waals surface area contributed by atoms with E-state index in [9.17, 15) is 43.2 Å². The molecule has 1 aromatic carbocycles. The third-order valence-electron chi connectivity index (χ3n) is 11.2. The van der Waals surface area contributed by atoms with Gasteiger partial charge in [-0.1, -0.05) is 60.1 Å². The van der Waals surface area contributed by atoms with Crippen LogP contribution < -0.4 is 21.7 Å². The second-order valence-electron chi connectivity index (χ2n) is 17.5. The van der Waals surface area contributed by atoms with Crippen LogP contribution in [-0.2, 0) is 44.9 Å². The lowest BCUT2D eigenvalue weighted by molar-refractivity contribution is -0.139. The SMILES string of the molecule is CSC1CC(=O)N(CCCCCC(=O)N[C@H](C(=O)C[C@@H](CCCNC(N)=O)C(=O)Nc2ccc(COC(=O)N(C)[C@H](C(=O)C[C@H](C(=O)N(C)C)C(C)C)C(C)C)cc2)C(C)C)C1=O. The van der Waals surface area contributed by atoms with E-state index < -0.39 is 42.0 Å². The van der Waals surface area contributed by atoms with Crippen molar-refractivity contribution in [2.75, 3.05) is 45.8 Å². The molecule has 1 aliphatic rings. The molecule has 18 heteroatoms. The molecule has 0 aromatic heterocycles. The molecule has 2 rings (SSSR count). The van der Waals surface area contributed by atoms with Crippen LogP contribution in [0.5, 0.6) is 0 Å². The van der Waals surface area contributed by atoms with E-state index in [1.54, 1.807) is 58.5 Å². The number of ether oxygens (including phenoxy) is 1. The first-order chi connectivity index (χ1) is 29.6. The standard InChI is InChI=1S/C45H71N7O10S/c1-27(2)33(42(58)50(7)8)24-35(54)40(29(5)6)51(9)45(61)62-26-30-17-19-32(20-18-30)48-41(57)31(15-14-21-47-44(46)60)23-34(53)39(28(3)4)49-37(55)16-12-11-13-22-52-38(56)25-36(63-10)43(52)59/h17-20,27-29,31,33,36,39-40H,11-16,21-26H2,1-10H3,(H,48,57)(H,49,55)(H3,46,47,60)/t31-,33+,36?,39+,40+/m1/s1. The van der Waals surface area contributed by atoms with E-state index in [4.69, 9.17) is 10.5 Å². The third-order valence-corrected chi connectivity index (χ3v) is 12.1. The molecule has 1 heterocycles. The first kappa shape index (κ1) is 54.1. The number of amides is 8. The highest BCUT2D eigenvalue weighted by atomic mass is 32.2. The number of thioether (sulfide) groups is 1. The van der Waals surface area contributed by atoms with Crippen molar-refractivity contribution in [3.05, 3.63) is 29.8 Å². The molecule has 1 aliphatic heterocycles. The van der Waals surface area contributed by atoms with Crippen molar-refractivity contribution in [3.8, 4) is 0 Å². The summed E-state index contributed by atoms with van der Waals surface area (Å²) in [4.78, 5) is 120. The maximum atomic E-state index is 13.7. The van der Waals surface area contributed by atoms with Crippen LogP contribution in [-0.4, -0.2) is 126 Å². The highest BCUT2D eigenvalue weighted by Gasteiger charge is 2.38. The number of urea groups is 1. The van der Waals surface area contributed by atoms with Gasteiger partial charge in [0.25, 0.3) is 0 Å². The monoisotopic (exact) mass is 901 g/mol. The number of primary amides is 1. The van der Waals surface area contributed by atoms with Crippen LogP contribution in [0.25, 0.3) is 0 Å². The number of Topliss-reactive ketones (excluding diaryl/α,β-unsaturated/α-hetero) is 2. The number of hydrogen-bond donors (Lipinski definition) is 4. The van der Waals surface area contributed by atoms with Gasteiger partial charge in [0, 0.05) is 77.4 Å². The molecule has 5 N–H and O–H groups in total. The first-order valence-corrected chi connectivity index (χ1v) is 23.1. The van der Waals surface area contributed by atoms with Crippen LogP contribution in [0.3, 0.4) is 0 Å². The third kappa shape index (κ3) is 17.6. The lowest BCUT2D eigenvalue weighted by atomic mass is 9.85. The predicted molar refractivity (Wildman–Crippen MR) is 242 cm³/mol. The quantitative estimate of drug-likeness (QED) is 0.0695. The molecule has 1 fully saturated rings. The number of nitrogens with one attached hydrogen (secondary N) is 3. The van der Waals surface area contributed by atoms with Crippen molar-refractivity contribution in [1.29, 1.82) is 0 Å². The first-order valence-electron chi connectivity index (χ1n) is 21.8. The zero-order valence-corrected chi connectivity index (χ0v) is 39.6. The van der Waals surface area contributed by atoms with Gasteiger partial charge in [0.2, 0.25) is 29.5 Å². The second kappa shape index (κ2) is 26.6. The van der Waals surface area contributed by atoms with E-state index >= 15 is 0 Å². The number of imide groups is 1. The number of unbranched alkanes of at least 4 members (excludes halogenated alkanes) is 2. The number of likely N-dealkylation sites (N-methyl/N-ethyl adjacent to an activating group) is 1. The fraction of sp³-hybridized carbons (Fsp3) is 0.667. The summed E-state index contributed by atoms with van der Waals surface area (Å²) >= 11 is 1.36. The van der Waals surface area contributed by atoms with E-state index in [0.29, 0.717) is 43.5 Å². The van der Waals surface area contributed by atoms with E-state index in [0.717, 1.165) is 0 Å². The summed E-state index contributed by atoms with van der Waals surface area (Å²) in [5, 5.41) is 7.84. The van der Waals surface area contributed by atoms with E-state index in [1.165, 1.54) is 33.5 Å². The van der Waals surface area contributed by atoms with Gasteiger partial charge in [0.05, 0.1) is 17.3 Å². The molecular weight excluding hydrogens is 831 g/mol. The summed E-state index contributed by atoms with van der Waals surface area (Å²) < 4.78 is 5.56. The Labute approximate surface area is 377 Å². The average Bonchev–Trinajstić information content (AvgIpc) is 3.49. The molecular formula is C45H71N7O10S. The van der Waals surface area contributed by atoms with Crippen LogP contribution in [0.15, 0.2) is 24.3 Å². The Balaban J connectivity index is 2.02. The minimum absolute atomic E-state index is 0.00678. The minimum Gasteiger partial charge on any atom is -0.445 e. The summed E-state index contributed by atoms with van der Waals surface area (Å²) in [6.07, 6.45) is 3.55. The molecule has 63 heavy (non-hydrogen) atoms. The summed E-state index contributed by atoms with van der Waals surface area (Å²) in [5.74, 6) is -3.71. The van der Waals surface area contributed by atoms with Crippen LogP contribution in [0, 0.1) is 29.6 Å². The Morgan fingerprint density at radius 3 is 2.05 bits per heavy atom. The molecule has 17 nitrogen and oxygen atoms in total. The van der Waals surface area contributed by atoms with Crippen LogP contribution in [0.2, 0.25) is 0 Å². The number of nitrogens with two attached hydrogens (primary N) is 1. The summed E-state index contributed by atoms with van der Waals surface area (Å²) in [5.41, 5.74) is 6.24. The molecule has 1 aromatic rings. The van der Waals surface area contributed by atoms with Crippen molar-refractivity contribution in [2.45, 2.75) is 123 Å². The van der Waals surface area contributed by atoms with Crippen LogP contribution in [0.4, 0.5) is 15.3 Å². The van der Waals surface area contributed by atoms with Crippen LogP contribution >= 0.6 is 11.8 Å². The van der Waals surface area contributed by atoms with Crippen molar-refractivity contribution in [1.82, 2.24) is 25.3 Å². The molecule has 8 amide bonds. The van der Waals surface area contributed by atoms with Gasteiger partial charge < -0.3 is 36.2 Å². The van der Waals surface area contributed by atoms with Crippen molar-refractivity contribution in [3.63, 3.8) is 0 Å². The number of ketones is 2. The normalized spacial score (nSPS) is 15.8. The smallest absolute Gasteiger partial charge is 0.410 e. The Kier molecular flexibility index (Phi) is 22.8. The Morgan fingerprint density at radius 1 is 0.857 bits per heavy atom. The highest BCUT2D eigenvalue weighted by molar-refractivity contribution is 8.00. The van der Waals surface area contributed by atoms with E-state index in [2.05, 4.69) is 16.0 Å². The minimum atomic E-state index is -0.848. The van der Waals surface area contributed by atoms with Crippen molar-refractivity contribution < 1.29 is 47.9 Å². The Bertz CT molecular complexity index is 1750. The summed E-state index contributed by atoms with van der Waals surface area (Å²) in [7, 11) is 4.80. The van der Waals surface area contributed by atoms with Crippen LogP contribution in [0.1, 0.15) is 105 Å². The van der Waals surface area contributed by atoms with Gasteiger partial charge in [-0.25, -0.2) is 9.59 Å². The molecule has 0 bridgehead atoms. The largest absolute Gasteiger partial charge is 0.445 e. The number of anilines is 1. The molecule has 1 unspecified atom stereocenters. The lowest BCUT2D eigenvalue weighted by Gasteiger charge is -2.31. The zero-order valence-electron chi connectivity index (χ0n) is 38.8. The average molecular weight is 902 g/mol. The van der Waals surface area contributed by atoms with Gasteiger partial charge >= 0.3 is 12.1 Å². The molecule has 0 spiro atoms. The number of nitrogens with zero attached hydrogens (tertiary/aromatic N) is 3. The number of carbonyl (C=O) groups is 9. The van der Waals surface area contributed by atoms with Crippen molar-refractivity contribution in [2.24, 2.45) is 35.3 Å². The predicted octanol–water partition coefficient (Wildman–Crippen LogP) is 4.75. The molecule has 1 saturated heterocycles. The number of rotatable bonds is 27. The van der Waals surface area contributed by atoms with Gasteiger partial charge in [-0.15, -0.1) is 0 Å². The molecule has 5 atom stereocenters. The van der Waals surface area contributed by atoms with Gasteiger partial charge in [-0.3, -0.25) is 38.5 Å². The number of hydrogen-bond acceptors (Lipinski definition) is 11. The Morgan fingerprint density at radius 2 is 1.51 bits per heavy atom. The van der Waals surface area contributed by atoms with Gasteiger partial charge in [-0.2, -0.15) is 11.8 Å². The molecule has 0 saturated carbocycles. The van der Waals surface area contributed by atoms with Gasteiger partial charge in [0.15, 0.2) is 11.6 Å². The Hall–Kier alpha value is -5.00. The molecule has 352 valence electrons. The van der Waals surface area contributed by atoms with E-state index in [1.807, 2.05) is 27.7 Å². The number of benzene rings is 1. The van der Waals surface area contributed by atoms with Gasteiger partial charge in [0.1, 0.15) is 6.61 Å². The lowest BCUT2D eigenvalue weighted by Crippen LogP contribution is -2.47. The topological polar surface area (TPSA) is 235 Å². The fourth-order valence-electron chi connectivity index (χ4n) is 7.53. The van der Waals surface area contributed by atoms with E-state index in [-0.39, 0.29) is 103 Å². The maximum Gasteiger partial charge on any atom is 0.410 e. The molecule has 0 aliphatic carbocycles. The van der Waals surface area contributed by atoms with Crippen molar-refractivity contribution >= 4 is 70.7 Å². The fourth-order valence-corrected chi connectivity index (χ4v) is 8.16. The molecule has 0 radical (unpaired) electrons. The second-order valence-corrected chi connectivity index (χ2v) is 18.5. The number of carbonyl (C=O) groups excluding carboxylic acids is 9. The zero-order chi connectivity index (χ0) is 47.6. The summed E-state index contributed by atoms with van der Waals surface area (Å²) in [6.45, 7) is 11.4. The van der Waals surface area contributed by atoms with Gasteiger partial charge in [-0.05, 0) is 67.4 Å². The summed E-state index contributed by atoms with van der Waals surface area (Å²) in [6, 6.07) is 4.23. The highest BCUT2D eigenvalue weighted by Crippen LogP contribution is 2.25. The number of likely N-dealkylation sites (tertiary alicyclic amines) is 1. The maximum absolute atomic E-state index is 13.7.